The minimum Gasteiger partial charge on any atom is -0.377 e. The highest BCUT2D eigenvalue weighted by molar-refractivity contribution is 5.26. The van der Waals surface area contributed by atoms with Gasteiger partial charge in [-0.05, 0) is 44.2 Å². The van der Waals surface area contributed by atoms with Gasteiger partial charge in [0.1, 0.15) is 0 Å². The molecule has 0 saturated carbocycles. The van der Waals surface area contributed by atoms with Crippen LogP contribution in [0.15, 0.2) is 24.3 Å². The SMILES string of the molecule is CC(C)CCOCc1ccccc1CNC(C)(C)C. The van der Waals surface area contributed by atoms with Crippen molar-refractivity contribution in [3.05, 3.63) is 35.4 Å². The molecule has 1 rings (SSSR count). The summed E-state index contributed by atoms with van der Waals surface area (Å²) in [5, 5.41) is 3.53. The Hall–Kier alpha value is -0.860. The van der Waals surface area contributed by atoms with Crippen LogP contribution < -0.4 is 5.32 Å². The van der Waals surface area contributed by atoms with Crippen molar-refractivity contribution in [2.45, 2.75) is 59.7 Å². The lowest BCUT2D eigenvalue weighted by Crippen LogP contribution is -2.35. The van der Waals surface area contributed by atoms with Crippen LogP contribution in [-0.2, 0) is 17.9 Å². The molecule has 0 saturated heterocycles. The Kier molecular flexibility index (Phi) is 6.53. The van der Waals surface area contributed by atoms with E-state index in [4.69, 9.17) is 4.74 Å². The van der Waals surface area contributed by atoms with Crippen LogP contribution in [0, 0.1) is 5.92 Å². The lowest BCUT2D eigenvalue weighted by Gasteiger charge is -2.21. The second kappa shape index (κ2) is 7.66. The summed E-state index contributed by atoms with van der Waals surface area (Å²) in [7, 11) is 0. The van der Waals surface area contributed by atoms with Gasteiger partial charge in [0.05, 0.1) is 6.61 Å². The third kappa shape index (κ3) is 7.34. The number of nitrogens with one attached hydrogen (secondary N) is 1. The number of ether oxygens (including phenoxy) is 1. The number of hydrogen-bond acceptors (Lipinski definition) is 2. The van der Waals surface area contributed by atoms with E-state index in [-0.39, 0.29) is 5.54 Å². The van der Waals surface area contributed by atoms with Gasteiger partial charge in [-0.3, -0.25) is 0 Å². The first-order valence-electron chi connectivity index (χ1n) is 7.28. The molecule has 1 N–H and O–H groups in total. The summed E-state index contributed by atoms with van der Waals surface area (Å²) in [4.78, 5) is 0. The number of hydrogen-bond donors (Lipinski definition) is 1. The maximum Gasteiger partial charge on any atom is 0.0720 e. The average molecular weight is 263 g/mol. The van der Waals surface area contributed by atoms with Gasteiger partial charge in [0.25, 0.3) is 0 Å². The number of rotatable bonds is 7. The van der Waals surface area contributed by atoms with Gasteiger partial charge in [0.15, 0.2) is 0 Å². The van der Waals surface area contributed by atoms with Crippen LogP contribution in [-0.4, -0.2) is 12.1 Å². The second-order valence-electron chi connectivity index (χ2n) is 6.61. The van der Waals surface area contributed by atoms with Crippen LogP contribution in [0.1, 0.15) is 52.2 Å². The Morgan fingerprint density at radius 2 is 1.74 bits per heavy atom. The van der Waals surface area contributed by atoms with Crippen molar-refractivity contribution in [1.82, 2.24) is 5.32 Å². The first kappa shape index (κ1) is 16.2. The normalized spacial score (nSPS) is 12.1. The van der Waals surface area contributed by atoms with Crippen molar-refractivity contribution in [3.63, 3.8) is 0 Å². The van der Waals surface area contributed by atoms with Crippen molar-refractivity contribution >= 4 is 0 Å². The summed E-state index contributed by atoms with van der Waals surface area (Å²) in [6.45, 7) is 13.5. The minimum atomic E-state index is 0.144. The molecule has 0 aliphatic carbocycles. The number of benzene rings is 1. The largest absolute Gasteiger partial charge is 0.377 e. The molecule has 0 bridgehead atoms. The Balaban J connectivity index is 2.48. The first-order chi connectivity index (χ1) is 8.88. The van der Waals surface area contributed by atoms with E-state index in [1.807, 2.05) is 0 Å². The molecule has 0 radical (unpaired) electrons. The van der Waals surface area contributed by atoms with Gasteiger partial charge in [0, 0.05) is 18.7 Å². The third-order valence-corrected chi connectivity index (χ3v) is 3.02. The molecule has 19 heavy (non-hydrogen) atoms. The van der Waals surface area contributed by atoms with Gasteiger partial charge in [0.2, 0.25) is 0 Å². The van der Waals surface area contributed by atoms with E-state index in [1.54, 1.807) is 0 Å². The molecule has 1 aromatic rings. The molecule has 0 amide bonds. The summed E-state index contributed by atoms with van der Waals surface area (Å²) in [6.07, 6.45) is 1.13. The molecule has 0 atom stereocenters. The third-order valence-electron chi connectivity index (χ3n) is 3.02. The zero-order valence-corrected chi connectivity index (χ0v) is 13.1. The molecule has 2 heteroatoms. The molecular weight excluding hydrogens is 234 g/mol. The highest BCUT2D eigenvalue weighted by atomic mass is 16.5. The van der Waals surface area contributed by atoms with Crippen molar-refractivity contribution in [2.75, 3.05) is 6.61 Å². The van der Waals surface area contributed by atoms with Crippen molar-refractivity contribution in [3.8, 4) is 0 Å². The molecule has 0 fully saturated rings. The smallest absolute Gasteiger partial charge is 0.0720 e. The fraction of sp³-hybridized carbons (Fsp3) is 0.647. The predicted molar refractivity (Wildman–Crippen MR) is 82.1 cm³/mol. The molecule has 0 spiro atoms. The maximum atomic E-state index is 5.78. The Bertz CT molecular complexity index is 366. The highest BCUT2D eigenvalue weighted by Crippen LogP contribution is 2.12. The van der Waals surface area contributed by atoms with Crippen LogP contribution in [0.5, 0.6) is 0 Å². The monoisotopic (exact) mass is 263 g/mol. The van der Waals surface area contributed by atoms with Crippen LogP contribution in [0.2, 0.25) is 0 Å². The van der Waals surface area contributed by atoms with E-state index < -0.39 is 0 Å². The average Bonchev–Trinajstić information content (AvgIpc) is 2.32. The van der Waals surface area contributed by atoms with Crippen molar-refractivity contribution in [2.24, 2.45) is 5.92 Å². The van der Waals surface area contributed by atoms with Gasteiger partial charge >= 0.3 is 0 Å². The highest BCUT2D eigenvalue weighted by Gasteiger charge is 2.10. The molecule has 0 aliphatic heterocycles. The molecule has 2 nitrogen and oxygen atoms in total. The van der Waals surface area contributed by atoms with Gasteiger partial charge in [-0.25, -0.2) is 0 Å². The summed E-state index contributed by atoms with van der Waals surface area (Å²) in [5.41, 5.74) is 2.77. The molecule has 0 aliphatic rings. The van der Waals surface area contributed by atoms with E-state index in [2.05, 4.69) is 64.2 Å². The molecule has 108 valence electrons. The Morgan fingerprint density at radius 1 is 1.11 bits per heavy atom. The van der Waals surface area contributed by atoms with E-state index >= 15 is 0 Å². The summed E-state index contributed by atoms with van der Waals surface area (Å²) in [6, 6.07) is 8.52. The first-order valence-corrected chi connectivity index (χ1v) is 7.28. The second-order valence-corrected chi connectivity index (χ2v) is 6.61. The summed E-state index contributed by atoms with van der Waals surface area (Å²) < 4.78 is 5.78. The van der Waals surface area contributed by atoms with E-state index in [1.165, 1.54) is 11.1 Å². The molecule has 1 aromatic carbocycles. The van der Waals surface area contributed by atoms with Gasteiger partial charge in [-0.15, -0.1) is 0 Å². The lowest BCUT2D eigenvalue weighted by molar-refractivity contribution is 0.110. The minimum absolute atomic E-state index is 0.144. The standard InChI is InChI=1S/C17H29NO/c1-14(2)10-11-19-13-16-9-7-6-8-15(16)12-18-17(3,4)5/h6-9,14,18H,10-13H2,1-5H3. The molecule has 0 unspecified atom stereocenters. The maximum absolute atomic E-state index is 5.78. The van der Waals surface area contributed by atoms with E-state index in [0.29, 0.717) is 12.5 Å². The van der Waals surface area contributed by atoms with Gasteiger partial charge in [-0.1, -0.05) is 38.1 Å². The molecule has 0 heterocycles. The zero-order valence-electron chi connectivity index (χ0n) is 13.1. The lowest BCUT2D eigenvalue weighted by atomic mass is 10.1. The quantitative estimate of drug-likeness (QED) is 0.747. The fourth-order valence-electron chi connectivity index (χ4n) is 1.73. The summed E-state index contributed by atoms with van der Waals surface area (Å²) >= 11 is 0. The van der Waals surface area contributed by atoms with Crippen molar-refractivity contribution in [1.29, 1.82) is 0 Å². The predicted octanol–water partition coefficient (Wildman–Crippen LogP) is 4.14. The van der Waals surface area contributed by atoms with Gasteiger partial charge in [-0.2, -0.15) is 0 Å². The Morgan fingerprint density at radius 3 is 2.32 bits per heavy atom. The Labute approximate surface area is 118 Å². The zero-order chi connectivity index (χ0) is 14.3. The van der Waals surface area contributed by atoms with Gasteiger partial charge < -0.3 is 10.1 Å². The fourth-order valence-corrected chi connectivity index (χ4v) is 1.73. The van der Waals surface area contributed by atoms with Crippen LogP contribution in [0.25, 0.3) is 0 Å². The van der Waals surface area contributed by atoms with Crippen molar-refractivity contribution < 1.29 is 4.74 Å². The van der Waals surface area contributed by atoms with Crippen LogP contribution in [0.3, 0.4) is 0 Å². The van der Waals surface area contributed by atoms with Crippen LogP contribution >= 0.6 is 0 Å². The molecular formula is C17H29NO. The topological polar surface area (TPSA) is 21.3 Å². The summed E-state index contributed by atoms with van der Waals surface area (Å²) in [5.74, 6) is 0.706. The molecule has 0 aromatic heterocycles. The van der Waals surface area contributed by atoms with E-state index in [9.17, 15) is 0 Å². The van der Waals surface area contributed by atoms with E-state index in [0.717, 1.165) is 19.6 Å². The van der Waals surface area contributed by atoms with Crippen LogP contribution in [0.4, 0.5) is 0 Å².